The van der Waals surface area contributed by atoms with Crippen LogP contribution < -0.4 is 4.74 Å². The topological polar surface area (TPSA) is 82.8 Å². The summed E-state index contributed by atoms with van der Waals surface area (Å²) in [4.78, 5) is 11.6. The van der Waals surface area contributed by atoms with Gasteiger partial charge in [0.2, 0.25) is 0 Å². The maximum atomic E-state index is 11.6. The van der Waals surface area contributed by atoms with Crippen molar-refractivity contribution in [2.45, 2.75) is 31.4 Å². The van der Waals surface area contributed by atoms with Crippen molar-refractivity contribution in [3.8, 4) is 5.75 Å². The van der Waals surface area contributed by atoms with Gasteiger partial charge in [-0.1, -0.05) is 0 Å². The van der Waals surface area contributed by atoms with Crippen LogP contribution in [0.4, 0.5) is 0 Å². The number of ether oxygens (including phenoxy) is 3. The van der Waals surface area contributed by atoms with E-state index in [1.165, 1.54) is 0 Å². The zero-order chi connectivity index (χ0) is 16.5. The van der Waals surface area contributed by atoms with E-state index in [-0.39, 0.29) is 11.7 Å². The molecule has 0 amide bonds. The van der Waals surface area contributed by atoms with E-state index in [2.05, 4.69) is 5.10 Å². The van der Waals surface area contributed by atoms with Crippen molar-refractivity contribution in [2.24, 2.45) is 0 Å². The van der Waals surface area contributed by atoms with Gasteiger partial charge in [0, 0.05) is 37.3 Å². The van der Waals surface area contributed by atoms with Crippen molar-refractivity contribution < 1.29 is 24.1 Å². The SMILES string of the molecule is O=C(O)c1cc2cn(C3CCOCC3)nc2cc1OC1CCOC1. The monoisotopic (exact) mass is 332 g/mol. The number of rotatable bonds is 4. The highest BCUT2D eigenvalue weighted by Crippen LogP contribution is 2.30. The third-order valence-electron chi connectivity index (χ3n) is 4.60. The summed E-state index contributed by atoms with van der Waals surface area (Å²) in [6, 6.07) is 3.67. The Morgan fingerprint density at radius 2 is 2.00 bits per heavy atom. The van der Waals surface area contributed by atoms with Crippen LogP contribution in [0.3, 0.4) is 0 Å². The molecule has 4 rings (SSSR count). The highest BCUT2D eigenvalue weighted by Gasteiger charge is 2.23. The minimum absolute atomic E-state index is 0.0990. The summed E-state index contributed by atoms with van der Waals surface area (Å²) in [6.07, 6.45) is 4.43. The number of aromatic carboxylic acids is 1. The second kappa shape index (κ2) is 6.41. The number of hydrogen-bond acceptors (Lipinski definition) is 5. The molecule has 7 heteroatoms. The minimum Gasteiger partial charge on any atom is -0.487 e. The molecule has 0 spiro atoms. The molecular weight excluding hydrogens is 312 g/mol. The lowest BCUT2D eigenvalue weighted by molar-refractivity contribution is 0.0664. The molecule has 1 atom stereocenters. The summed E-state index contributed by atoms with van der Waals surface area (Å²) < 4.78 is 18.5. The molecule has 2 fully saturated rings. The summed E-state index contributed by atoms with van der Waals surface area (Å²) >= 11 is 0. The van der Waals surface area contributed by atoms with Gasteiger partial charge in [0.1, 0.15) is 17.4 Å². The molecule has 2 aliphatic heterocycles. The lowest BCUT2D eigenvalue weighted by Gasteiger charge is -2.22. The molecule has 7 nitrogen and oxygen atoms in total. The van der Waals surface area contributed by atoms with Crippen LogP contribution >= 0.6 is 0 Å². The van der Waals surface area contributed by atoms with Crippen molar-refractivity contribution >= 4 is 16.9 Å². The Kier molecular flexibility index (Phi) is 4.12. The largest absolute Gasteiger partial charge is 0.487 e. The van der Waals surface area contributed by atoms with Crippen LogP contribution in [0, 0.1) is 0 Å². The van der Waals surface area contributed by atoms with E-state index in [4.69, 9.17) is 14.2 Å². The quantitative estimate of drug-likeness (QED) is 0.925. The van der Waals surface area contributed by atoms with Gasteiger partial charge in [0.15, 0.2) is 0 Å². The average molecular weight is 332 g/mol. The number of aromatic nitrogens is 2. The van der Waals surface area contributed by atoms with Crippen LogP contribution in [-0.2, 0) is 9.47 Å². The second-order valence-electron chi connectivity index (χ2n) is 6.27. The van der Waals surface area contributed by atoms with E-state index in [1.807, 2.05) is 10.9 Å². The van der Waals surface area contributed by atoms with E-state index in [9.17, 15) is 9.90 Å². The Morgan fingerprint density at radius 3 is 2.71 bits per heavy atom. The number of benzene rings is 1. The molecule has 1 N–H and O–H groups in total. The molecule has 24 heavy (non-hydrogen) atoms. The molecule has 128 valence electrons. The molecule has 0 aliphatic carbocycles. The summed E-state index contributed by atoms with van der Waals surface area (Å²) in [6.45, 7) is 2.61. The molecule has 2 aliphatic rings. The first-order valence-corrected chi connectivity index (χ1v) is 8.29. The van der Waals surface area contributed by atoms with Gasteiger partial charge < -0.3 is 19.3 Å². The Bertz CT molecular complexity index is 745. The minimum atomic E-state index is -0.996. The van der Waals surface area contributed by atoms with Gasteiger partial charge in [-0.25, -0.2) is 4.79 Å². The van der Waals surface area contributed by atoms with Crippen LogP contribution in [-0.4, -0.2) is 53.4 Å². The lowest BCUT2D eigenvalue weighted by atomic mass is 10.1. The van der Waals surface area contributed by atoms with Crippen molar-refractivity contribution in [1.82, 2.24) is 9.78 Å². The van der Waals surface area contributed by atoms with E-state index in [0.717, 1.165) is 43.4 Å². The first kappa shape index (κ1) is 15.4. The van der Waals surface area contributed by atoms with Gasteiger partial charge in [0.25, 0.3) is 0 Å². The van der Waals surface area contributed by atoms with Gasteiger partial charge in [-0.05, 0) is 18.9 Å². The summed E-state index contributed by atoms with van der Waals surface area (Å²) in [7, 11) is 0. The molecule has 2 aromatic rings. The van der Waals surface area contributed by atoms with Gasteiger partial charge in [-0.3, -0.25) is 4.68 Å². The van der Waals surface area contributed by atoms with Crippen molar-refractivity contribution in [3.63, 3.8) is 0 Å². The van der Waals surface area contributed by atoms with Crippen LogP contribution in [0.25, 0.3) is 10.9 Å². The third kappa shape index (κ3) is 2.97. The number of carboxylic acids is 1. The summed E-state index contributed by atoms with van der Waals surface area (Å²) in [5, 5.41) is 14.9. The number of fused-ring (bicyclic) bond motifs is 1. The van der Waals surface area contributed by atoms with Crippen molar-refractivity contribution in [3.05, 3.63) is 23.9 Å². The fraction of sp³-hybridized carbons (Fsp3) is 0.529. The predicted molar refractivity (Wildman–Crippen MR) is 85.6 cm³/mol. The van der Waals surface area contributed by atoms with Crippen LogP contribution in [0.2, 0.25) is 0 Å². The molecule has 0 bridgehead atoms. The van der Waals surface area contributed by atoms with E-state index in [1.54, 1.807) is 12.1 Å². The van der Waals surface area contributed by atoms with Gasteiger partial charge in [-0.2, -0.15) is 5.10 Å². The van der Waals surface area contributed by atoms with Crippen LogP contribution in [0.5, 0.6) is 5.75 Å². The van der Waals surface area contributed by atoms with Crippen molar-refractivity contribution in [1.29, 1.82) is 0 Å². The number of carbonyl (C=O) groups is 1. The maximum Gasteiger partial charge on any atom is 0.339 e. The van der Waals surface area contributed by atoms with Crippen LogP contribution in [0.15, 0.2) is 18.3 Å². The Morgan fingerprint density at radius 1 is 1.21 bits per heavy atom. The molecule has 3 heterocycles. The van der Waals surface area contributed by atoms with E-state index < -0.39 is 5.97 Å². The van der Waals surface area contributed by atoms with E-state index in [0.29, 0.717) is 25.0 Å². The summed E-state index contributed by atoms with van der Waals surface area (Å²) in [5.74, 6) is -0.632. The highest BCUT2D eigenvalue weighted by molar-refractivity contribution is 5.96. The molecule has 1 aromatic carbocycles. The Balaban J connectivity index is 1.68. The normalized spacial score (nSPS) is 22.1. The molecule has 1 aromatic heterocycles. The molecule has 2 saturated heterocycles. The highest BCUT2D eigenvalue weighted by atomic mass is 16.5. The summed E-state index contributed by atoms with van der Waals surface area (Å²) in [5.41, 5.74) is 0.918. The lowest BCUT2D eigenvalue weighted by Crippen LogP contribution is -2.19. The number of hydrogen-bond donors (Lipinski definition) is 1. The Labute approximate surface area is 139 Å². The molecule has 0 saturated carbocycles. The van der Waals surface area contributed by atoms with Gasteiger partial charge in [0.05, 0.1) is 24.8 Å². The first-order valence-electron chi connectivity index (χ1n) is 8.29. The zero-order valence-electron chi connectivity index (χ0n) is 13.3. The molecule has 0 radical (unpaired) electrons. The van der Waals surface area contributed by atoms with Crippen molar-refractivity contribution in [2.75, 3.05) is 26.4 Å². The fourth-order valence-electron chi connectivity index (χ4n) is 3.26. The van der Waals surface area contributed by atoms with Gasteiger partial charge >= 0.3 is 5.97 Å². The Hall–Kier alpha value is -2.12. The van der Waals surface area contributed by atoms with Gasteiger partial charge in [-0.15, -0.1) is 0 Å². The third-order valence-corrected chi connectivity index (χ3v) is 4.60. The smallest absolute Gasteiger partial charge is 0.339 e. The van der Waals surface area contributed by atoms with E-state index >= 15 is 0 Å². The fourth-order valence-corrected chi connectivity index (χ4v) is 3.26. The van der Waals surface area contributed by atoms with Crippen LogP contribution in [0.1, 0.15) is 35.7 Å². The number of nitrogens with zero attached hydrogens (tertiary/aromatic N) is 2. The second-order valence-corrected chi connectivity index (χ2v) is 6.27. The zero-order valence-corrected chi connectivity index (χ0v) is 13.3. The number of carboxylic acid groups (broad SMARTS) is 1. The first-order chi connectivity index (χ1) is 11.7. The average Bonchev–Trinajstić information content (AvgIpc) is 3.24. The molecule has 1 unspecified atom stereocenters. The standard InChI is InChI=1S/C17H20N2O5/c20-17(21)14-7-11-9-19(12-1-4-22-5-2-12)18-15(11)8-16(14)24-13-3-6-23-10-13/h7-9,12-13H,1-6,10H2,(H,20,21). The molecular formula is C17H20N2O5. The maximum absolute atomic E-state index is 11.6. The predicted octanol–water partition coefficient (Wildman–Crippen LogP) is 2.25.